The van der Waals surface area contributed by atoms with Crippen LogP contribution in [0.1, 0.15) is 109 Å². The summed E-state index contributed by atoms with van der Waals surface area (Å²) in [6.45, 7) is 11.8. The van der Waals surface area contributed by atoms with Crippen molar-refractivity contribution in [2.75, 3.05) is 24.5 Å². The lowest BCUT2D eigenvalue weighted by molar-refractivity contribution is -0.941. The van der Waals surface area contributed by atoms with E-state index in [2.05, 4.69) is 62.1 Å². The van der Waals surface area contributed by atoms with Crippen molar-refractivity contribution in [1.82, 2.24) is 0 Å². The lowest BCUT2D eigenvalue weighted by atomic mass is 10.1. The zero-order chi connectivity index (χ0) is 31.7. The minimum absolute atomic E-state index is 0.386. The van der Waals surface area contributed by atoms with Crippen LogP contribution in [0, 0.1) is 0 Å². The Kier molecular flexibility index (Phi) is 15.4. The van der Waals surface area contributed by atoms with Crippen LogP contribution in [0.4, 0.5) is 17.1 Å². The first-order chi connectivity index (χ1) is 21.3. The molecular formula is C38H57N2O3S+. The summed E-state index contributed by atoms with van der Waals surface area (Å²) in [5, 5.41) is 0. The topological polar surface area (TPSA) is 57.6 Å². The van der Waals surface area contributed by atoms with E-state index in [1.807, 2.05) is 30.3 Å². The Balaban J connectivity index is 1.88. The molecule has 0 saturated carbocycles. The highest BCUT2D eigenvalue weighted by molar-refractivity contribution is 7.85. The molecule has 3 rings (SSSR count). The molecule has 0 aromatic heterocycles. The van der Waals surface area contributed by atoms with Gasteiger partial charge in [0.25, 0.3) is 10.1 Å². The smallest absolute Gasteiger partial charge is 0.269 e. The maximum Gasteiger partial charge on any atom is 0.269 e. The van der Waals surface area contributed by atoms with E-state index < -0.39 is 10.1 Å². The molecule has 0 unspecified atom stereocenters. The van der Waals surface area contributed by atoms with Crippen molar-refractivity contribution in [2.45, 2.75) is 110 Å². The standard InChI is InChI=1S/C38H56N2O3S/c1-4-7-10-16-29-40(30-17-11-8-5-2,31-18-12-9-6-3)32-34-21-25-37(26-22-34)39(36-19-14-13-15-20-36)38-27-23-35(24-28-38)33-44(41,42)43/h13-15,19-28H,4-12,16-18,29-33H2,1-3H3/p+1. The molecule has 0 spiro atoms. The molecule has 1 N–H and O–H groups in total. The van der Waals surface area contributed by atoms with Crippen LogP contribution in [0.25, 0.3) is 0 Å². The molecule has 0 amide bonds. The van der Waals surface area contributed by atoms with Gasteiger partial charge in [-0.15, -0.1) is 0 Å². The Morgan fingerprint density at radius 2 is 0.955 bits per heavy atom. The monoisotopic (exact) mass is 621 g/mol. The predicted molar refractivity (Wildman–Crippen MR) is 187 cm³/mol. The van der Waals surface area contributed by atoms with E-state index in [9.17, 15) is 13.0 Å². The minimum Gasteiger partial charge on any atom is -0.320 e. The molecule has 0 saturated heterocycles. The summed E-state index contributed by atoms with van der Waals surface area (Å²) in [7, 11) is -4.08. The van der Waals surface area contributed by atoms with Gasteiger partial charge in [-0.05, 0) is 80.5 Å². The second-order valence-corrected chi connectivity index (χ2v) is 14.0. The van der Waals surface area contributed by atoms with Gasteiger partial charge in [0.1, 0.15) is 12.3 Å². The SMILES string of the molecule is CCCCCC[N+](CCCCCC)(CCCCCC)Cc1ccc(N(c2ccccc2)c2ccc(CS(=O)(=O)O)cc2)cc1. The number of rotatable bonds is 22. The number of benzene rings is 3. The van der Waals surface area contributed by atoms with E-state index in [1.54, 1.807) is 12.1 Å². The summed E-state index contributed by atoms with van der Waals surface area (Å²) in [6, 6.07) is 26.7. The first kappa shape index (κ1) is 35.8. The number of nitrogens with zero attached hydrogens (tertiary/aromatic N) is 2. The van der Waals surface area contributed by atoms with Crippen LogP contribution in [-0.2, 0) is 22.4 Å². The molecule has 0 aliphatic rings. The highest BCUT2D eigenvalue weighted by Crippen LogP contribution is 2.35. The number of hydrogen-bond acceptors (Lipinski definition) is 3. The summed E-state index contributed by atoms with van der Waals surface area (Å²) in [5.74, 6) is -0.386. The minimum atomic E-state index is -4.08. The molecule has 44 heavy (non-hydrogen) atoms. The Hall–Kier alpha value is -2.67. The van der Waals surface area contributed by atoms with Crippen molar-refractivity contribution in [3.63, 3.8) is 0 Å². The zero-order valence-corrected chi connectivity index (χ0v) is 28.4. The van der Waals surface area contributed by atoms with E-state index in [-0.39, 0.29) is 5.75 Å². The van der Waals surface area contributed by atoms with E-state index in [1.165, 1.54) is 107 Å². The first-order valence-electron chi connectivity index (χ1n) is 17.1. The van der Waals surface area contributed by atoms with E-state index in [4.69, 9.17) is 0 Å². The summed E-state index contributed by atoms with van der Waals surface area (Å²) < 4.78 is 33.3. The molecular weight excluding hydrogens is 564 g/mol. The van der Waals surface area contributed by atoms with E-state index in [0.717, 1.165) is 23.6 Å². The number of para-hydroxylation sites is 1. The Morgan fingerprint density at radius 3 is 1.36 bits per heavy atom. The largest absolute Gasteiger partial charge is 0.320 e. The van der Waals surface area contributed by atoms with Crippen LogP contribution in [-0.4, -0.2) is 37.1 Å². The van der Waals surface area contributed by atoms with Gasteiger partial charge in [-0.3, -0.25) is 4.55 Å². The quantitative estimate of drug-likeness (QED) is 0.0689. The van der Waals surface area contributed by atoms with Gasteiger partial charge in [-0.25, -0.2) is 0 Å². The van der Waals surface area contributed by atoms with Crippen molar-refractivity contribution >= 4 is 27.2 Å². The average molecular weight is 622 g/mol. The van der Waals surface area contributed by atoms with Crippen molar-refractivity contribution < 1.29 is 17.5 Å². The van der Waals surface area contributed by atoms with Crippen LogP contribution in [0.2, 0.25) is 0 Å². The van der Waals surface area contributed by atoms with E-state index in [0.29, 0.717) is 5.56 Å². The van der Waals surface area contributed by atoms with Crippen molar-refractivity contribution in [3.05, 3.63) is 90.0 Å². The Morgan fingerprint density at radius 1 is 0.545 bits per heavy atom. The third kappa shape index (κ3) is 12.4. The zero-order valence-electron chi connectivity index (χ0n) is 27.6. The Bertz CT molecular complexity index is 1260. The van der Waals surface area contributed by atoms with Gasteiger partial charge in [0.15, 0.2) is 0 Å². The lowest BCUT2D eigenvalue weighted by Crippen LogP contribution is -2.49. The van der Waals surface area contributed by atoms with Gasteiger partial charge in [0.05, 0.1) is 19.6 Å². The fourth-order valence-electron chi connectivity index (χ4n) is 6.31. The molecule has 3 aromatic carbocycles. The second-order valence-electron chi connectivity index (χ2n) is 12.6. The number of anilines is 3. The maximum atomic E-state index is 11.4. The fraction of sp³-hybridized carbons (Fsp3) is 0.526. The van der Waals surface area contributed by atoms with Crippen LogP contribution in [0.15, 0.2) is 78.9 Å². The van der Waals surface area contributed by atoms with Crippen molar-refractivity contribution in [3.8, 4) is 0 Å². The molecule has 0 atom stereocenters. The molecule has 242 valence electrons. The van der Waals surface area contributed by atoms with Gasteiger partial charge in [0.2, 0.25) is 0 Å². The van der Waals surface area contributed by atoms with Crippen LogP contribution in [0.5, 0.6) is 0 Å². The first-order valence-corrected chi connectivity index (χ1v) is 18.7. The molecule has 6 heteroatoms. The van der Waals surface area contributed by atoms with Gasteiger partial charge in [-0.2, -0.15) is 8.42 Å². The highest BCUT2D eigenvalue weighted by atomic mass is 32.2. The summed E-state index contributed by atoms with van der Waals surface area (Å²) in [4.78, 5) is 2.20. The molecule has 5 nitrogen and oxygen atoms in total. The van der Waals surface area contributed by atoms with Crippen LogP contribution < -0.4 is 4.90 Å². The molecule has 0 radical (unpaired) electrons. The third-order valence-electron chi connectivity index (χ3n) is 8.73. The molecule has 0 heterocycles. The fourth-order valence-corrected chi connectivity index (χ4v) is 6.92. The average Bonchev–Trinajstić information content (AvgIpc) is 3.01. The van der Waals surface area contributed by atoms with E-state index >= 15 is 0 Å². The maximum absolute atomic E-state index is 11.4. The Labute approximate surface area is 268 Å². The number of quaternary nitrogens is 1. The molecule has 0 aliphatic carbocycles. The predicted octanol–water partition coefficient (Wildman–Crippen LogP) is 10.6. The molecule has 0 aliphatic heterocycles. The normalized spacial score (nSPS) is 12.0. The molecule has 0 bridgehead atoms. The van der Waals surface area contributed by atoms with Gasteiger partial charge in [-0.1, -0.05) is 102 Å². The van der Waals surface area contributed by atoms with Crippen LogP contribution >= 0.6 is 0 Å². The highest BCUT2D eigenvalue weighted by Gasteiger charge is 2.27. The summed E-state index contributed by atoms with van der Waals surface area (Å²) in [5.41, 5.74) is 5.00. The molecule has 0 fully saturated rings. The molecule has 3 aromatic rings. The number of unbranched alkanes of at least 4 members (excludes halogenated alkanes) is 9. The van der Waals surface area contributed by atoms with Crippen molar-refractivity contribution in [2.24, 2.45) is 0 Å². The second kappa shape index (κ2) is 19.0. The number of hydrogen-bond donors (Lipinski definition) is 1. The summed E-state index contributed by atoms with van der Waals surface area (Å²) >= 11 is 0. The summed E-state index contributed by atoms with van der Waals surface area (Å²) in [6.07, 6.45) is 15.7. The van der Waals surface area contributed by atoms with Gasteiger partial charge >= 0.3 is 0 Å². The van der Waals surface area contributed by atoms with Crippen molar-refractivity contribution in [1.29, 1.82) is 0 Å². The third-order valence-corrected chi connectivity index (χ3v) is 9.43. The van der Waals surface area contributed by atoms with Crippen LogP contribution in [0.3, 0.4) is 0 Å². The lowest BCUT2D eigenvalue weighted by Gasteiger charge is -2.40. The van der Waals surface area contributed by atoms with Gasteiger partial charge < -0.3 is 9.38 Å². The van der Waals surface area contributed by atoms with Gasteiger partial charge in [0, 0.05) is 22.6 Å².